The van der Waals surface area contributed by atoms with Crippen LogP contribution in [0.4, 0.5) is 4.39 Å². The van der Waals surface area contributed by atoms with E-state index in [9.17, 15) is 9.18 Å². The molecule has 1 aromatic carbocycles. The Balaban J connectivity index is 2.75. The number of hydrogen-bond donors (Lipinski definition) is 2. The molecule has 0 aliphatic rings. The first-order chi connectivity index (χ1) is 8.04. The van der Waals surface area contributed by atoms with Crippen LogP contribution in [0.15, 0.2) is 18.2 Å². The highest BCUT2D eigenvalue weighted by Crippen LogP contribution is 2.20. The van der Waals surface area contributed by atoms with Crippen LogP contribution in [-0.2, 0) is 11.2 Å². The van der Waals surface area contributed by atoms with E-state index in [2.05, 4.69) is 0 Å². The summed E-state index contributed by atoms with van der Waals surface area (Å²) >= 11 is 5.63. The molecule has 0 fully saturated rings. The summed E-state index contributed by atoms with van der Waals surface area (Å²) in [6.45, 7) is 0.437. The molecule has 17 heavy (non-hydrogen) atoms. The normalized spacial score (nSPS) is 12.4. The molecule has 3 nitrogen and oxygen atoms in total. The van der Waals surface area contributed by atoms with Crippen molar-refractivity contribution in [3.8, 4) is 0 Å². The fourth-order valence-electron chi connectivity index (χ4n) is 1.63. The van der Waals surface area contributed by atoms with E-state index in [0.29, 0.717) is 30.0 Å². The number of nitrogens with two attached hydrogens (primary N) is 1. The molecule has 0 aromatic heterocycles. The van der Waals surface area contributed by atoms with E-state index in [0.717, 1.165) is 0 Å². The topological polar surface area (TPSA) is 63.3 Å². The van der Waals surface area contributed by atoms with Gasteiger partial charge in [-0.15, -0.1) is 0 Å². The van der Waals surface area contributed by atoms with Crippen molar-refractivity contribution in [2.45, 2.75) is 19.3 Å². The summed E-state index contributed by atoms with van der Waals surface area (Å²) in [4.78, 5) is 11.0. The maximum atomic E-state index is 13.5. The van der Waals surface area contributed by atoms with Crippen LogP contribution in [0, 0.1) is 11.7 Å². The number of carboxylic acids is 1. The van der Waals surface area contributed by atoms with Gasteiger partial charge in [0, 0.05) is 5.02 Å². The van der Waals surface area contributed by atoms with Crippen LogP contribution >= 0.6 is 11.6 Å². The Morgan fingerprint density at radius 1 is 1.53 bits per heavy atom. The molecule has 0 amide bonds. The molecule has 0 saturated carbocycles. The highest BCUT2D eigenvalue weighted by molar-refractivity contribution is 6.30. The summed E-state index contributed by atoms with van der Waals surface area (Å²) < 4.78 is 13.5. The summed E-state index contributed by atoms with van der Waals surface area (Å²) in [6.07, 6.45) is 1.23. The fourth-order valence-corrected chi connectivity index (χ4v) is 1.79. The summed E-state index contributed by atoms with van der Waals surface area (Å²) in [5.74, 6) is -1.99. The minimum atomic E-state index is -0.923. The van der Waals surface area contributed by atoms with Crippen molar-refractivity contribution in [3.05, 3.63) is 34.6 Å². The van der Waals surface area contributed by atoms with Gasteiger partial charge in [0.25, 0.3) is 0 Å². The number of halogens is 2. The molecule has 0 saturated heterocycles. The standard InChI is InChI=1S/C12H15ClFNO2/c13-10-4-3-8(11(14)7-10)6-9(12(16)17)2-1-5-15/h3-4,7,9H,1-2,5-6,15H2,(H,16,17). The Kier molecular flexibility index (Phi) is 5.38. The first-order valence-corrected chi connectivity index (χ1v) is 5.79. The molecule has 1 unspecified atom stereocenters. The molecule has 0 spiro atoms. The number of hydrogen-bond acceptors (Lipinski definition) is 2. The number of carboxylic acid groups (broad SMARTS) is 1. The average Bonchev–Trinajstić information content (AvgIpc) is 2.26. The van der Waals surface area contributed by atoms with Gasteiger partial charge in [0.15, 0.2) is 0 Å². The molecule has 1 atom stereocenters. The lowest BCUT2D eigenvalue weighted by Crippen LogP contribution is -2.18. The van der Waals surface area contributed by atoms with Crippen molar-refractivity contribution in [1.82, 2.24) is 0 Å². The van der Waals surface area contributed by atoms with E-state index < -0.39 is 17.7 Å². The lowest BCUT2D eigenvalue weighted by Gasteiger charge is -2.12. The van der Waals surface area contributed by atoms with E-state index in [-0.39, 0.29) is 6.42 Å². The van der Waals surface area contributed by atoms with Crippen LogP contribution in [0.25, 0.3) is 0 Å². The lowest BCUT2D eigenvalue weighted by atomic mass is 9.94. The molecular formula is C12H15ClFNO2. The molecule has 0 aliphatic carbocycles. The van der Waals surface area contributed by atoms with Crippen LogP contribution < -0.4 is 5.73 Å². The maximum absolute atomic E-state index is 13.5. The van der Waals surface area contributed by atoms with Crippen molar-refractivity contribution in [1.29, 1.82) is 0 Å². The second-order valence-electron chi connectivity index (χ2n) is 3.91. The smallest absolute Gasteiger partial charge is 0.306 e. The minimum absolute atomic E-state index is 0.165. The molecule has 3 N–H and O–H groups in total. The molecule has 1 aromatic rings. The van der Waals surface area contributed by atoms with Gasteiger partial charge in [-0.1, -0.05) is 17.7 Å². The number of carbonyl (C=O) groups is 1. The van der Waals surface area contributed by atoms with Crippen LogP contribution in [0.3, 0.4) is 0 Å². The highest BCUT2D eigenvalue weighted by Gasteiger charge is 2.19. The summed E-state index contributed by atoms with van der Waals surface area (Å²) in [5, 5.41) is 9.32. The predicted octanol–water partition coefficient (Wildman–Crippen LogP) is 2.46. The van der Waals surface area contributed by atoms with Crippen molar-refractivity contribution < 1.29 is 14.3 Å². The Bertz CT molecular complexity index is 398. The quantitative estimate of drug-likeness (QED) is 0.825. The van der Waals surface area contributed by atoms with Crippen molar-refractivity contribution in [2.24, 2.45) is 11.7 Å². The third-order valence-electron chi connectivity index (χ3n) is 2.59. The van der Waals surface area contributed by atoms with Crippen LogP contribution in [0.1, 0.15) is 18.4 Å². The monoisotopic (exact) mass is 259 g/mol. The molecular weight excluding hydrogens is 245 g/mol. The SMILES string of the molecule is NCCCC(Cc1ccc(Cl)cc1F)C(=O)O. The molecule has 5 heteroatoms. The molecule has 94 valence electrons. The average molecular weight is 260 g/mol. The van der Waals surface area contributed by atoms with Gasteiger partial charge in [0.2, 0.25) is 0 Å². The number of rotatable bonds is 6. The minimum Gasteiger partial charge on any atom is -0.481 e. The second-order valence-corrected chi connectivity index (χ2v) is 4.34. The molecule has 0 radical (unpaired) electrons. The highest BCUT2D eigenvalue weighted by atomic mass is 35.5. The van der Waals surface area contributed by atoms with Crippen molar-refractivity contribution in [3.63, 3.8) is 0 Å². The van der Waals surface area contributed by atoms with E-state index in [4.69, 9.17) is 22.4 Å². The molecule has 0 heterocycles. The largest absolute Gasteiger partial charge is 0.481 e. The molecule has 0 bridgehead atoms. The third kappa shape index (κ3) is 4.32. The summed E-state index contributed by atoms with van der Waals surface area (Å²) in [5.41, 5.74) is 5.71. The second kappa shape index (κ2) is 6.57. The fraction of sp³-hybridized carbons (Fsp3) is 0.417. The summed E-state index contributed by atoms with van der Waals surface area (Å²) in [7, 11) is 0. The number of aliphatic carboxylic acids is 1. The first-order valence-electron chi connectivity index (χ1n) is 5.41. The Labute approximate surface area is 104 Å². The van der Waals surface area contributed by atoms with E-state index in [1.807, 2.05) is 0 Å². The van der Waals surface area contributed by atoms with Gasteiger partial charge < -0.3 is 10.8 Å². The first kappa shape index (κ1) is 13.9. The Morgan fingerprint density at radius 2 is 2.24 bits per heavy atom. The van der Waals surface area contributed by atoms with Gasteiger partial charge in [-0.05, 0) is 43.5 Å². The van der Waals surface area contributed by atoms with Gasteiger partial charge in [-0.3, -0.25) is 4.79 Å². The van der Waals surface area contributed by atoms with Gasteiger partial charge in [-0.2, -0.15) is 0 Å². The molecule has 1 rings (SSSR count). The van der Waals surface area contributed by atoms with Crippen LogP contribution in [0.2, 0.25) is 5.02 Å². The third-order valence-corrected chi connectivity index (χ3v) is 2.82. The zero-order valence-corrected chi connectivity index (χ0v) is 10.1. The van der Waals surface area contributed by atoms with Crippen LogP contribution in [-0.4, -0.2) is 17.6 Å². The zero-order valence-electron chi connectivity index (χ0n) is 9.33. The van der Waals surface area contributed by atoms with Crippen LogP contribution in [0.5, 0.6) is 0 Å². The van der Waals surface area contributed by atoms with E-state index in [1.54, 1.807) is 6.07 Å². The van der Waals surface area contributed by atoms with Gasteiger partial charge >= 0.3 is 5.97 Å². The zero-order chi connectivity index (χ0) is 12.8. The van der Waals surface area contributed by atoms with Gasteiger partial charge in [-0.25, -0.2) is 4.39 Å². The molecule has 0 aliphatic heterocycles. The van der Waals surface area contributed by atoms with Crippen molar-refractivity contribution >= 4 is 17.6 Å². The predicted molar refractivity (Wildman–Crippen MR) is 64.5 cm³/mol. The Morgan fingerprint density at radius 3 is 2.76 bits per heavy atom. The summed E-state index contributed by atoms with van der Waals surface area (Å²) in [6, 6.07) is 4.27. The van der Waals surface area contributed by atoms with E-state index >= 15 is 0 Å². The number of benzene rings is 1. The van der Waals surface area contributed by atoms with E-state index in [1.165, 1.54) is 12.1 Å². The van der Waals surface area contributed by atoms with Gasteiger partial charge in [0.05, 0.1) is 5.92 Å². The lowest BCUT2D eigenvalue weighted by molar-refractivity contribution is -0.141. The maximum Gasteiger partial charge on any atom is 0.306 e. The van der Waals surface area contributed by atoms with Crippen molar-refractivity contribution in [2.75, 3.05) is 6.54 Å². The van der Waals surface area contributed by atoms with Gasteiger partial charge in [0.1, 0.15) is 5.82 Å². The Hall–Kier alpha value is -1.13.